The molecule has 1 aromatic rings. The van der Waals surface area contributed by atoms with Crippen molar-refractivity contribution < 1.29 is 4.74 Å². The highest BCUT2D eigenvalue weighted by molar-refractivity contribution is 7.15. The molecule has 0 radical (unpaired) electrons. The van der Waals surface area contributed by atoms with E-state index in [1.165, 1.54) is 0 Å². The Labute approximate surface area is 99.8 Å². The first-order valence-electron chi connectivity index (χ1n) is 5.55. The molecule has 0 bridgehead atoms. The molecule has 1 fully saturated rings. The summed E-state index contributed by atoms with van der Waals surface area (Å²) in [6.45, 7) is 7.04. The van der Waals surface area contributed by atoms with Gasteiger partial charge in [-0.2, -0.15) is 0 Å². The van der Waals surface area contributed by atoms with E-state index in [9.17, 15) is 0 Å². The van der Waals surface area contributed by atoms with E-state index in [4.69, 9.17) is 4.74 Å². The van der Waals surface area contributed by atoms with Gasteiger partial charge in [0.15, 0.2) is 0 Å². The molecule has 6 heteroatoms. The average Bonchev–Trinajstić information content (AvgIpc) is 2.64. The Bertz CT molecular complexity index is 333. The maximum Gasteiger partial charge on any atom is 0.205 e. The first-order chi connectivity index (χ1) is 7.67. The van der Waals surface area contributed by atoms with Crippen molar-refractivity contribution in [2.45, 2.75) is 32.6 Å². The molecule has 0 unspecified atom stereocenters. The Balaban J connectivity index is 1.93. The second kappa shape index (κ2) is 5.07. The van der Waals surface area contributed by atoms with Crippen molar-refractivity contribution in [3.8, 4) is 0 Å². The zero-order valence-electron chi connectivity index (χ0n) is 9.93. The summed E-state index contributed by atoms with van der Waals surface area (Å²) in [5.74, 6) is 0. The Morgan fingerprint density at radius 3 is 2.62 bits per heavy atom. The topological polar surface area (TPSA) is 50.3 Å². The van der Waals surface area contributed by atoms with Gasteiger partial charge in [0.1, 0.15) is 5.01 Å². The third-order valence-corrected chi connectivity index (χ3v) is 3.46. The van der Waals surface area contributed by atoms with Gasteiger partial charge in [-0.15, -0.1) is 10.2 Å². The average molecular weight is 242 g/mol. The molecule has 1 aliphatic heterocycles. The normalized spacial score (nSPS) is 26.9. The third-order valence-electron chi connectivity index (χ3n) is 2.53. The van der Waals surface area contributed by atoms with Crippen molar-refractivity contribution in [3.05, 3.63) is 5.01 Å². The van der Waals surface area contributed by atoms with E-state index >= 15 is 0 Å². The molecule has 0 aromatic carbocycles. The van der Waals surface area contributed by atoms with Crippen LogP contribution in [0.3, 0.4) is 0 Å². The summed E-state index contributed by atoms with van der Waals surface area (Å²) < 4.78 is 5.69. The molecular weight excluding hydrogens is 224 g/mol. The van der Waals surface area contributed by atoms with Crippen LogP contribution in [0.1, 0.15) is 18.9 Å². The molecule has 0 amide bonds. The van der Waals surface area contributed by atoms with Crippen LogP contribution in [-0.2, 0) is 11.3 Å². The number of ether oxygens (including phenoxy) is 1. The molecule has 0 spiro atoms. The predicted octanol–water partition coefficient (Wildman–Crippen LogP) is 1.19. The lowest BCUT2D eigenvalue weighted by Gasteiger charge is -2.34. The standard InChI is InChI=1S/C10H18N4OS/c1-7-4-14(5-8(2)15-7)6-9-12-13-10(11-3)16-9/h7-8H,4-6H2,1-3H3,(H,11,13)/t7-,8+. The quantitative estimate of drug-likeness (QED) is 0.863. The van der Waals surface area contributed by atoms with Crippen LogP contribution in [0.5, 0.6) is 0 Å². The molecule has 1 N–H and O–H groups in total. The first-order valence-corrected chi connectivity index (χ1v) is 6.37. The molecule has 2 rings (SSSR count). The Kier molecular flexibility index (Phi) is 3.73. The molecule has 5 nitrogen and oxygen atoms in total. The molecule has 0 aliphatic carbocycles. The van der Waals surface area contributed by atoms with Gasteiger partial charge in [-0.1, -0.05) is 11.3 Å². The number of hydrogen-bond acceptors (Lipinski definition) is 6. The minimum Gasteiger partial charge on any atom is -0.373 e. The summed E-state index contributed by atoms with van der Waals surface area (Å²) in [5.41, 5.74) is 0. The molecule has 2 atom stereocenters. The van der Waals surface area contributed by atoms with Gasteiger partial charge >= 0.3 is 0 Å². The van der Waals surface area contributed by atoms with E-state index in [0.717, 1.165) is 29.8 Å². The Morgan fingerprint density at radius 2 is 2.06 bits per heavy atom. The molecule has 2 heterocycles. The van der Waals surface area contributed by atoms with Crippen LogP contribution in [0.2, 0.25) is 0 Å². The predicted molar refractivity (Wildman–Crippen MR) is 64.7 cm³/mol. The lowest BCUT2D eigenvalue weighted by atomic mass is 10.2. The lowest BCUT2D eigenvalue weighted by Crippen LogP contribution is -2.44. The zero-order chi connectivity index (χ0) is 11.5. The van der Waals surface area contributed by atoms with E-state index in [1.807, 2.05) is 7.05 Å². The van der Waals surface area contributed by atoms with Crippen molar-refractivity contribution in [3.63, 3.8) is 0 Å². The largest absolute Gasteiger partial charge is 0.373 e. The molecule has 0 saturated carbocycles. The SMILES string of the molecule is CNc1nnc(CN2C[C@@H](C)O[C@@H](C)C2)s1. The van der Waals surface area contributed by atoms with Crippen molar-refractivity contribution in [1.82, 2.24) is 15.1 Å². The molecular formula is C10H18N4OS. The molecule has 90 valence electrons. The van der Waals surface area contributed by atoms with Gasteiger partial charge in [-0.25, -0.2) is 0 Å². The number of aromatic nitrogens is 2. The van der Waals surface area contributed by atoms with Gasteiger partial charge in [-0.05, 0) is 13.8 Å². The van der Waals surface area contributed by atoms with E-state index in [0.29, 0.717) is 12.2 Å². The van der Waals surface area contributed by atoms with Gasteiger partial charge in [0.2, 0.25) is 5.13 Å². The molecule has 1 saturated heterocycles. The first kappa shape index (κ1) is 11.8. The maximum atomic E-state index is 5.69. The van der Waals surface area contributed by atoms with E-state index in [-0.39, 0.29) is 0 Å². The summed E-state index contributed by atoms with van der Waals surface area (Å²) in [7, 11) is 1.86. The van der Waals surface area contributed by atoms with E-state index in [1.54, 1.807) is 11.3 Å². The van der Waals surface area contributed by atoms with E-state index in [2.05, 4.69) is 34.3 Å². The number of hydrogen-bond donors (Lipinski definition) is 1. The summed E-state index contributed by atoms with van der Waals surface area (Å²) >= 11 is 1.61. The number of nitrogens with zero attached hydrogens (tertiary/aromatic N) is 3. The third kappa shape index (κ3) is 2.90. The van der Waals surface area contributed by atoms with Gasteiger partial charge in [-0.3, -0.25) is 4.90 Å². The van der Waals surface area contributed by atoms with Crippen molar-refractivity contribution in [2.75, 3.05) is 25.5 Å². The van der Waals surface area contributed by atoms with Crippen LogP contribution in [0.25, 0.3) is 0 Å². The number of rotatable bonds is 3. The lowest BCUT2D eigenvalue weighted by molar-refractivity contribution is -0.0705. The van der Waals surface area contributed by atoms with Gasteiger partial charge in [0, 0.05) is 20.1 Å². The summed E-state index contributed by atoms with van der Waals surface area (Å²) in [6, 6.07) is 0. The Hall–Kier alpha value is -0.720. The van der Waals surface area contributed by atoms with E-state index < -0.39 is 0 Å². The second-order valence-electron chi connectivity index (χ2n) is 4.20. The zero-order valence-corrected chi connectivity index (χ0v) is 10.8. The van der Waals surface area contributed by atoms with Gasteiger partial charge in [0.05, 0.1) is 18.8 Å². The number of anilines is 1. The summed E-state index contributed by atoms with van der Waals surface area (Å²) in [5, 5.41) is 13.1. The minimum atomic E-state index is 0.306. The maximum absolute atomic E-state index is 5.69. The molecule has 1 aliphatic rings. The summed E-state index contributed by atoms with van der Waals surface area (Å²) in [6.07, 6.45) is 0.612. The van der Waals surface area contributed by atoms with Crippen LogP contribution in [0.15, 0.2) is 0 Å². The number of morpholine rings is 1. The van der Waals surface area contributed by atoms with Crippen LogP contribution < -0.4 is 5.32 Å². The number of nitrogens with one attached hydrogen (secondary N) is 1. The van der Waals surface area contributed by atoms with Crippen molar-refractivity contribution in [1.29, 1.82) is 0 Å². The second-order valence-corrected chi connectivity index (χ2v) is 5.26. The van der Waals surface area contributed by atoms with Crippen LogP contribution in [0, 0.1) is 0 Å². The van der Waals surface area contributed by atoms with Crippen LogP contribution in [0.4, 0.5) is 5.13 Å². The fraction of sp³-hybridized carbons (Fsp3) is 0.800. The highest BCUT2D eigenvalue weighted by Crippen LogP contribution is 2.18. The van der Waals surface area contributed by atoms with Crippen molar-refractivity contribution >= 4 is 16.5 Å². The fourth-order valence-corrected chi connectivity index (χ4v) is 2.76. The van der Waals surface area contributed by atoms with Crippen LogP contribution >= 0.6 is 11.3 Å². The Morgan fingerprint density at radius 1 is 1.38 bits per heavy atom. The minimum absolute atomic E-state index is 0.306. The van der Waals surface area contributed by atoms with Crippen LogP contribution in [-0.4, -0.2) is 47.4 Å². The monoisotopic (exact) mass is 242 g/mol. The fourth-order valence-electron chi connectivity index (χ4n) is 2.02. The smallest absolute Gasteiger partial charge is 0.205 e. The summed E-state index contributed by atoms with van der Waals surface area (Å²) in [4.78, 5) is 2.37. The highest BCUT2D eigenvalue weighted by Gasteiger charge is 2.22. The molecule has 16 heavy (non-hydrogen) atoms. The highest BCUT2D eigenvalue weighted by atomic mass is 32.1. The van der Waals surface area contributed by atoms with Gasteiger partial charge < -0.3 is 10.1 Å². The van der Waals surface area contributed by atoms with Gasteiger partial charge in [0.25, 0.3) is 0 Å². The van der Waals surface area contributed by atoms with Crippen molar-refractivity contribution in [2.24, 2.45) is 0 Å². The molecule has 1 aromatic heterocycles.